The number of hydrogen-bond donors (Lipinski definition) is 1. The molecule has 0 bridgehead atoms. The average Bonchev–Trinajstić information content (AvgIpc) is 2.67. The van der Waals surface area contributed by atoms with Crippen molar-refractivity contribution in [1.29, 1.82) is 0 Å². The number of aromatic nitrogens is 2. The van der Waals surface area contributed by atoms with E-state index in [1.54, 1.807) is 6.92 Å². The fraction of sp³-hybridized carbons (Fsp3) is 0.800. The molecule has 1 aromatic heterocycles. The van der Waals surface area contributed by atoms with Gasteiger partial charge in [0.15, 0.2) is 0 Å². The fourth-order valence-corrected chi connectivity index (χ4v) is 1.28. The Hall–Kier alpha value is -0.940. The normalized spacial score (nSPS) is 17.4. The zero-order valence-corrected chi connectivity index (χ0v) is 9.78. The minimum absolute atomic E-state index is 0.242. The average molecular weight is 213 g/mol. The van der Waals surface area contributed by atoms with Gasteiger partial charge in [-0.1, -0.05) is 12.1 Å². The molecule has 1 aromatic rings. The SMILES string of the molecule is CCOC(C)(CC)c1noc([C@@H](C)N)n1. The Kier molecular flexibility index (Phi) is 3.82. The van der Waals surface area contributed by atoms with Gasteiger partial charge in [0, 0.05) is 6.61 Å². The predicted octanol–water partition coefficient (Wildman–Crippen LogP) is 1.75. The van der Waals surface area contributed by atoms with E-state index >= 15 is 0 Å². The molecular weight excluding hydrogens is 194 g/mol. The molecule has 0 saturated carbocycles. The van der Waals surface area contributed by atoms with E-state index in [9.17, 15) is 0 Å². The Morgan fingerprint density at radius 2 is 2.20 bits per heavy atom. The van der Waals surface area contributed by atoms with Crippen molar-refractivity contribution in [2.45, 2.75) is 45.8 Å². The maximum absolute atomic E-state index is 5.65. The van der Waals surface area contributed by atoms with Crippen molar-refractivity contribution >= 4 is 0 Å². The number of nitrogens with zero attached hydrogens (tertiary/aromatic N) is 2. The van der Waals surface area contributed by atoms with Gasteiger partial charge in [0.05, 0.1) is 6.04 Å². The van der Waals surface area contributed by atoms with Gasteiger partial charge in [-0.2, -0.15) is 4.98 Å². The summed E-state index contributed by atoms with van der Waals surface area (Å²) < 4.78 is 10.7. The zero-order chi connectivity index (χ0) is 11.5. The highest BCUT2D eigenvalue weighted by atomic mass is 16.5. The standard InChI is InChI=1S/C10H19N3O2/c1-5-10(4,14-6-2)9-12-8(7(3)11)15-13-9/h7H,5-6,11H2,1-4H3/t7-,10?/m1/s1. The second-order valence-electron chi connectivity index (χ2n) is 3.76. The lowest BCUT2D eigenvalue weighted by molar-refractivity contribution is -0.0403. The smallest absolute Gasteiger partial charge is 0.243 e. The Bertz CT molecular complexity index is 311. The van der Waals surface area contributed by atoms with Crippen LogP contribution in [0.5, 0.6) is 0 Å². The highest BCUT2D eigenvalue weighted by Gasteiger charge is 2.31. The summed E-state index contributed by atoms with van der Waals surface area (Å²) in [6, 6.07) is -0.242. The molecule has 2 atom stereocenters. The van der Waals surface area contributed by atoms with Gasteiger partial charge in [-0.3, -0.25) is 0 Å². The first-order valence-electron chi connectivity index (χ1n) is 5.27. The van der Waals surface area contributed by atoms with Gasteiger partial charge < -0.3 is 15.0 Å². The van der Waals surface area contributed by atoms with Crippen LogP contribution < -0.4 is 5.73 Å². The Morgan fingerprint density at radius 3 is 2.60 bits per heavy atom. The van der Waals surface area contributed by atoms with E-state index < -0.39 is 5.60 Å². The maximum atomic E-state index is 5.65. The Balaban J connectivity index is 2.92. The lowest BCUT2D eigenvalue weighted by Crippen LogP contribution is -2.26. The molecule has 5 nitrogen and oxygen atoms in total. The highest BCUT2D eigenvalue weighted by Crippen LogP contribution is 2.26. The molecule has 86 valence electrons. The quantitative estimate of drug-likeness (QED) is 0.806. The van der Waals surface area contributed by atoms with E-state index in [1.165, 1.54) is 0 Å². The summed E-state index contributed by atoms with van der Waals surface area (Å²) in [6.45, 7) is 8.35. The molecular formula is C10H19N3O2. The molecule has 0 radical (unpaired) electrons. The van der Waals surface area contributed by atoms with Crippen molar-refractivity contribution in [3.63, 3.8) is 0 Å². The molecule has 1 heterocycles. The van der Waals surface area contributed by atoms with Gasteiger partial charge in [-0.15, -0.1) is 0 Å². The minimum Gasteiger partial charge on any atom is -0.367 e. The highest BCUT2D eigenvalue weighted by molar-refractivity contribution is 5.00. The summed E-state index contributed by atoms with van der Waals surface area (Å²) in [4.78, 5) is 4.24. The largest absolute Gasteiger partial charge is 0.367 e. The van der Waals surface area contributed by atoms with Crippen molar-refractivity contribution < 1.29 is 9.26 Å². The van der Waals surface area contributed by atoms with Gasteiger partial charge in [-0.25, -0.2) is 0 Å². The number of ether oxygens (including phenoxy) is 1. The number of nitrogens with two attached hydrogens (primary N) is 1. The first kappa shape index (κ1) is 12.1. The van der Waals surface area contributed by atoms with Crippen LogP contribution in [0.1, 0.15) is 51.9 Å². The van der Waals surface area contributed by atoms with Crippen molar-refractivity contribution in [1.82, 2.24) is 10.1 Å². The molecule has 5 heteroatoms. The number of hydrogen-bond acceptors (Lipinski definition) is 5. The van der Waals surface area contributed by atoms with Crippen LogP contribution in [-0.2, 0) is 10.3 Å². The number of rotatable bonds is 5. The summed E-state index contributed by atoms with van der Waals surface area (Å²) in [5.74, 6) is 1.02. The van der Waals surface area contributed by atoms with E-state index in [4.69, 9.17) is 15.0 Å². The summed E-state index contributed by atoms with van der Waals surface area (Å²) >= 11 is 0. The van der Waals surface area contributed by atoms with Crippen LogP contribution in [0.3, 0.4) is 0 Å². The molecule has 15 heavy (non-hydrogen) atoms. The maximum Gasteiger partial charge on any atom is 0.243 e. The summed E-state index contributed by atoms with van der Waals surface area (Å²) in [6.07, 6.45) is 0.790. The minimum atomic E-state index is -0.481. The molecule has 1 unspecified atom stereocenters. The third-order valence-electron chi connectivity index (χ3n) is 2.44. The van der Waals surface area contributed by atoms with Crippen molar-refractivity contribution in [3.05, 3.63) is 11.7 Å². The van der Waals surface area contributed by atoms with Gasteiger partial charge in [0.1, 0.15) is 5.60 Å². The summed E-state index contributed by atoms with van der Waals surface area (Å²) in [7, 11) is 0. The second kappa shape index (κ2) is 4.72. The van der Waals surface area contributed by atoms with Crippen LogP contribution in [0.15, 0.2) is 4.52 Å². The Labute approximate surface area is 90.0 Å². The van der Waals surface area contributed by atoms with Crippen LogP contribution in [0, 0.1) is 0 Å². The second-order valence-corrected chi connectivity index (χ2v) is 3.76. The molecule has 1 rings (SSSR count). The topological polar surface area (TPSA) is 74.2 Å². The lowest BCUT2D eigenvalue weighted by atomic mass is 10.0. The van der Waals surface area contributed by atoms with Crippen LogP contribution in [0.2, 0.25) is 0 Å². The Morgan fingerprint density at radius 1 is 1.53 bits per heavy atom. The molecule has 0 spiro atoms. The monoisotopic (exact) mass is 213 g/mol. The molecule has 0 amide bonds. The zero-order valence-electron chi connectivity index (χ0n) is 9.78. The first-order chi connectivity index (χ1) is 7.03. The van der Waals surface area contributed by atoms with Crippen molar-refractivity contribution in [2.75, 3.05) is 6.61 Å². The van der Waals surface area contributed by atoms with Crippen LogP contribution in [0.25, 0.3) is 0 Å². The molecule has 0 aliphatic carbocycles. The molecule has 0 saturated heterocycles. The lowest BCUT2D eigenvalue weighted by Gasteiger charge is -2.23. The molecule has 0 fully saturated rings. The molecule has 0 aromatic carbocycles. The summed E-state index contributed by atoms with van der Waals surface area (Å²) in [5, 5.41) is 3.91. The van der Waals surface area contributed by atoms with Gasteiger partial charge in [0.2, 0.25) is 11.7 Å². The van der Waals surface area contributed by atoms with Gasteiger partial charge in [0.25, 0.3) is 0 Å². The summed E-state index contributed by atoms with van der Waals surface area (Å²) in [5.41, 5.74) is 5.17. The van der Waals surface area contributed by atoms with E-state index in [-0.39, 0.29) is 6.04 Å². The fourth-order valence-electron chi connectivity index (χ4n) is 1.28. The van der Waals surface area contributed by atoms with Crippen LogP contribution >= 0.6 is 0 Å². The third kappa shape index (κ3) is 2.54. The predicted molar refractivity (Wildman–Crippen MR) is 56.2 cm³/mol. The first-order valence-corrected chi connectivity index (χ1v) is 5.27. The van der Waals surface area contributed by atoms with Gasteiger partial charge >= 0.3 is 0 Å². The van der Waals surface area contributed by atoms with Crippen LogP contribution in [-0.4, -0.2) is 16.7 Å². The third-order valence-corrected chi connectivity index (χ3v) is 2.44. The van der Waals surface area contributed by atoms with Crippen molar-refractivity contribution in [3.8, 4) is 0 Å². The van der Waals surface area contributed by atoms with Crippen molar-refractivity contribution in [2.24, 2.45) is 5.73 Å². The molecule has 0 aliphatic rings. The van der Waals surface area contributed by atoms with Gasteiger partial charge in [-0.05, 0) is 27.2 Å². The van der Waals surface area contributed by atoms with E-state index in [0.29, 0.717) is 18.3 Å². The van der Waals surface area contributed by atoms with Crippen LogP contribution in [0.4, 0.5) is 0 Å². The van der Waals surface area contributed by atoms with E-state index in [0.717, 1.165) is 6.42 Å². The van der Waals surface area contributed by atoms with E-state index in [1.807, 2.05) is 20.8 Å². The van der Waals surface area contributed by atoms with E-state index in [2.05, 4.69) is 10.1 Å². The molecule has 0 aliphatic heterocycles. The molecule has 2 N–H and O–H groups in total.